The fourth-order valence-corrected chi connectivity index (χ4v) is 4.56. The summed E-state index contributed by atoms with van der Waals surface area (Å²) in [7, 11) is 0. The van der Waals surface area contributed by atoms with E-state index in [1.54, 1.807) is 12.4 Å². The fraction of sp³-hybridized carbons (Fsp3) is 0.364. The van der Waals surface area contributed by atoms with Gasteiger partial charge in [0.2, 0.25) is 5.82 Å². The molecule has 0 radical (unpaired) electrons. The van der Waals surface area contributed by atoms with Gasteiger partial charge in [0.15, 0.2) is 0 Å². The Bertz CT molecular complexity index is 1390. The highest BCUT2D eigenvalue weighted by atomic mass is 35.5. The van der Waals surface area contributed by atoms with Crippen molar-refractivity contribution in [2.75, 3.05) is 19.8 Å². The zero-order valence-corrected chi connectivity index (χ0v) is 18.9. The molecule has 35 heavy (non-hydrogen) atoms. The lowest BCUT2D eigenvalue weighted by molar-refractivity contribution is -0.178. The fourth-order valence-electron chi connectivity index (χ4n) is 4.39. The summed E-state index contributed by atoms with van der Waals surface area (Å²) in [6.45, 7) is -0.553. The summed E-state index contributed by atoms with van der Waals surface area (Å²) in [6.07, 6.45) is 0.580. The van der Waals surface area contributed by atoms with Crippen LogP contribution < -0.4 is 0 Å². The van der Waals surface area contributed by atoms with Crippen molar-refractivity contribution in [1.82, 2.24) is 29.5 Å². The molecule has 0 spiro atoms. The molecule has 3 aromatic heterocycles. The summed E-state index contributed by atoms with van der Waals surface area (Å²) in [4.78, 5) is 8.70. The van der Waals surface area contributed by atoms with Crippen LogP contribution in [0, 0.1) is 0 Å². The van der Waals surface area contributed by atoms with Gasteiger partial charge in [0.25, 0.3) is 5.89 Å². The Kier molecular flexibility index (Phi) is 5.38. The molecule has 2 aliphatic rings. The van der Waals surface area contributed by atoms with E-state index in [0.29, 0.717) is 30.4 Å². The predicted octanol–water partition coefficient (Wildman–Crippen LogP) is 4.38. The second kappa shape index (κ2) is 8.47. The molecule has 0 aliphatic carbocycles. The molecule has 2 aliphatic heterocycles. The van der Waals surface area contributed by atoms with Crippen LogP contribution in [0.15, 0.2) is 35.2 Å². The van der Waals surface area contributed by atoms with E-state index in [2.05, 4.69) is 19.9 Å². The molecule has 1 unspecified atom stereocenters. The minimum atomic E-state index is -4.44. The van der Waals surface area contributed by atoms with Gasteiger partial charge in [0, 0.05) is 35.4 Å². The van der Waals surface area contributed by atoms with Gasteiger partial charge in [-0.3, -0.25) is 4.68 Å². The standard InChI is InChI=1S/C22H18ClF3N6O3/c23-13-1-2-16-15(6-13)19-12(7-32(29-19)14-3-4-33-8-14)5-17-20(27-11-31(16)17)21-28-18(35-30-21)9-34-10-22(24,25)26/h1-2,6-7,11,14H,3-5,8-10H2. The molecule has 4 aromatic rings. The van der Waals surface area contributed by atoms with E-state index in [0.717, 1.165) is 34.6 Å². The highest BCUT2D eigenvalue weighted by Gasteiger charge is 2.30. The van der Waals surface area contributed by atoms with Crippen LogP contribution in [-0.4, -0.2) is 55.5 Å². The first-order valence-corrected chi connectivity index (χ1v) is 11.2. The molecule has 0 amide bonds. The Hall–Kier alpha value is -3.22. The maximum atomic E-state index is 12.4. The summed E-state index contributed by atoms with van der Waals surface area (Å²) in [6, 6.07) is 5.72. The lowest BCUT2D eigenvalue weighted by Crippen LogP contribution is -2.16. The Labute approximate surface area is 201 Å². The summed E-state index contributed by atoms with van der Waals surface area (Å²) in [5, 5.41) is 9.39. The first-order valence-electron chi connectivity index (χ1n) is 10.9. The summed E-state index contributed by atoms with van der Waals surface area (Å²) in [5.74, 6) is 0.0986. The number of benzene rings is 1. The first kappa shape index (κ1) is 22.3. The van der Waals surface area contributed by atoms with Crippen LogP contribution in [0.2, 0.25) is 5.02 Å². The number of imidazole rings is 1. The predicted molar refractivity (Wildman–Crippen MR) is 116 cm³/mol. The summed E-state index contributed by atoms with van der Waals surface area (Å²) >= 11 is 6.34. The number of hydrogen-bond acceptors (Lipinski definition) is 7. The maximum absolute atomic E-state index is 12.4. The molecule has 182 valence electrons. The zero-order chi connectivity index (χ0) is 24.2. The third-order valence-corrected chi connectivity index (χ3v) is 6.19. The number of alkyl halides is 3. The van der Waals surface area contributed by atoms with Crippen molar-refractivity contribution in [2.24, 2.45) is 0 Å². The largest absolute Gasteiger partial charge is 0.411 e. The highest BCUT2D eigenvalue weighted by molar-refractivity contribution is 6.31. The van der Waals surface area contributed by atoms with Crippen molar-refractivity contribution in [3.63, 3.8) is 0 Å². The Morgan fingerprint density at radius 1 is 1.23 bits per heavy atom. The number of aromatic nitrogens is 6. The SMILES string of the molecule is FC(F)(F)COCc1nc(-c2ncn3c2Cc2cn(C4CCOC4)nc2-c2cc(Cl)ccc2-3)no1. The van der Waals surface area contributed by atoms with E-state index in [1.807, 2.05) is 27.6 Å². The van der Waals surface area contributed by atoms with Gasteiger partial charge in [-0.15, -0.1) is 0 Å². The molecule has 1 fully saturated rings. The van der Waals surface area contributed by atoms with Gasteiger partial charge in [0.1, 0.15) is 25.2 Å². The molecule has 1 aromatic carbocycles. The summed E-state index contributed by atoms with van der Waals surface area (Å²) in [5.41, 5.74) is 4.74. The van der Waals surface area contributed by atoms with Crippen LogP contribution in [0.3, 0.4) is 0 Å². The Morgan fingerprint density at radius 3 is 2.91 bits per heavy atom. The van der Waals surface area contributed by atoms with Gasteiger partial charge >= 0.3 is 6.18 Å². The average molecular weight is 507 g/mol. The monoisotopic (exact) mass is 506 g/mol. The number of fused-ring (bicyclic) bond motifs is 5. The van der Waals surface area contributed by atoms with Gasteiger partial charge in [-0.2, -0.15) is 23.3 Å². The number of rotatable bonds is 5. The average Bonchev–Trinajstić information content (AvgIpc) is 3.59. The smallest absolute Gasteiger partial charge is 0.379 e. The molecule has 9 nitrogen and oxygen atoms in total. The van der Waals surface area contributed by atoms with E-state index in [1.165, 1.54) is 0 Å². The third kappa shape index (κ3) is 4.21. The van der Waals surface area contributed by atoms with Gasteiger partial charge in [-0.25, -0.2) is 4.98 Å². The summed E-state index contributed by atoms with van der Waals surface area (Å²) < 4.78 is 56.2. The minimum absolute atomic E-state index is 0.0680. The van der Waals surface area contributed by atoms with Crippen LogP contribution in [0.5, 0.6) is 0 Å². The molecule has 1 atom stereocenters. The van der Waals surface area contributed by atoms with Crippen LogP contribution >= 0.6 is 11.6 Å². The number of ether oxygens (including phenoxy) is 2. The van der Waals surface area contributed by atoms with Gasteiger partial charge in [0.05, 0.1) is 29.7 Å². The van der Waals surface area contributed by atoms with Crippen LogP contribution in [0.25, 0.3) is 28.5 Å². The van der Waals surface area contributed by atoms with Crippen LogP contribution in [0.1, 0.15) is 29.6 Å². The van der Waals surface area contributed by atoms with Crippen molar-refractivity contribution in [3.8, 4) is 28.5 Å². The van der Waals surface area contributed by atoms with Gasteiger partial charge in [-0.1, -0.05) is 16.8 Å². The van der Waals surface area contributed by atoms with Gasteiger partial charge < -0.3 is 18.6 Å². The molecule has 0 saturated carbocycles. The lowest BCUT2D eigenvalue weighted by atomic mass is 10.0. The molecule has 13 heteroatoms. The van der Waals surface area contributed by atoms with E-state index in [-0.39, 0.29) is 17.8 Å². The van der Waals surface area contributed by atoms with E-state index in [9.17, 15) is 13.2 Å². The van der Waals surface area contributed by atoms with Crippen molar-refractivity contribution in [2.45, 2.75) is 31.7 Å². The topological polar surface area (TPSA) is 93.0 Å². The van der Waals surface area contributed by atoms with E-state index in [4.69, 9.17) is 26.0 Å². The first-order chi connectivity index (χ1) is 16.9. The molecular formula is C22H18ClF3N6O3. The Morgan fingerprint density at radius 2 is 2.11 bits per heavy atom. The van der Waals surface area contributed by atoms with Crippen LogP contribution in [-0.2, 0) is 22.5 Å². The van der Waals surface area contributed by atoms with Crippen LogP contribution in [0.4, 0.5) is 13.2 Å². The number of halogens is 4. The third-order valence-electron chi connectivity index (χ3n) is 5.96. The van der Waals surface area contributed by atoms with Crippen molar-refractivity contribution in [1.29, 1.82) is 0 Å². The number of hydrogen-bond donors (Lipinski definition) is 0. The van der Waals surface area contributed by atoms with E-state index < -0.39 is 19.4 Å². The number of nitrogens with zero attached hydrogens (tertiary/aromatic N) is 6. The molecular weight excluding hydrogens is 489 g/mol. The van der Waals surface area contributed by atoms with Crippen molar-refractivity contribution < 1.29 is 27.2 Å². The zero-order valence-electron chi connectivity index (χ0n) is 18.1. The molecule has 1 saturated heterocycles. The van der Waals surface area contributed by atoms with Crippen molar-refractivity contribution in [3.05, 3.63) is 52.9 Å². The second-order valence-electron chi connectivity index (χ2n) is 8.37. The normalized spacial score (nSPS) is 17.2. The maximum Gasteiger partial charge on any atom is 0.411 e. The molecule has 0 N–H and O–H groups in total. The highest BCUT2D eigenvalue weighted by Crippen LogP contribution is 2.39. The van der Waals surface area contributed by atoms with E-state index >= 15 is 0 Å². The molecule has 6 rings (SSSR count). The van der Waals surface area contributed by atoms with Gasteiger partial charge in [-0.05, 0) is 24.6 Å². The molecule has 0 bridgehead atoms. The minimum Gasteiger partial charge on any atom is -0.379 e. The Balaban J connectivity index is 1.38. The van der Waals surface area contributed by atoms with Crippen molar-refractivity contribution >= 4 is 11.6 Å². The second-order valence-corrected chi connectivity index (χ2v) is 8.80. The molecule has 5 heterocycles. The quantitative estimate of drug-likeness (QED) is 0.349. The lowest BCUT2D eigenvalue weighted by Gasteiger charge is -2.11.